The average molecular weight is 232 g/mol. The fourth-order valence-electron chi connectivity index (χ4n) is 0.0845. The summed E-state index contributed by atoms with van der Waals surface area (Å²) in [6, 6.07) is 0. The van der Waals surface area contributed by atoms with Crippen LogP contribution in [-0.4, -0.2) is 17.9 Å². The minimum atomic E-state index is -1.93. The molecule has 0 aromatic heterocycles. The van der Waals surface area contributed by atoms with E-state index in [9.17, 15) is 0 Å². The van der Waals surface area contributed by atoms with Crippen molar-refractivity contribution in [3.05, 3.63) is 0 Å². The van der Waals surface area contributed by atoms with Crippen molar-refractivity contribution in [1.29, 1.82) is 0 Å². The van der Waals surface area contributed by atoms with Gasteiger partial charge in [0.15, 0.2) is 0 Å². The van der Waals surface area contributed by atoms with Crippen molar-refractivity contribution in [2.75, 3.05) is 0 Å². The third-order valence-electron chi connectivity index (χ3n) is 0.196. The van der Waals surface area contributed by atoms with Crippen LogP contribution in [0.5, 0.6) is 0 Å². The molecule has 0 aliphatic heterocycles. The summed E-state index contributed by atoms with van der Waals surface area (Å²) in [5, 5.41) is 0. The second kappa shape index (κ2) is 4.13. The van der Waals surface area contributed by atoms with Crippen LogP contribution in [0.3, 0.4) is 0 Å². The van der Waals surface area contributed by atoms with Crippen LogP contribution < -0.4 is 0 Å². The first-order valence-electron chi connectivity index (χ1n) is 1.31. The third-order valence-corrected chi connectivity index (χ3v) is 2.45. The van der Waals surface area contributed by atoms with E-state index in [0.717, 1.165) is 0 Å². The van der Waals surface area contributed by atoms with E-state index in [4.69, 9.17) is 17.7 Å². The quantitative estimate of drug-likeness (QED) is 0.438. The fourth-order valence-corrected chi connectivity index (χ4v) is 1.70. The molecule has 0 unspecified atom stereocenters. The molecule has 0 N–H and O–H groups in total. The van der Waals surface area contributed by atoms with Gasteiger partial charge in [0, 0.05) is 0 Å². The van der Waals surface area contributed by atoms with Crippen molar-refractivity contribution < 1.29 is 0 Å². The molecule has 0 saturated heterocycles. The van der Waals surface area contributed by atoms with Crippen molar-refractivity contribution in [2.24, 2.45) is 0 Å². The Balaban J connectivity index is 3.20. The number of halogens is 2. The molecule has 0 radical (unpaired) electrons. The zero-order chi connectivity index (χ0) is 4.99. The van der Waals surface area contributed by atoms with E-state index in [1.165, 1.54) is 0 Å². The molecular formula is C3H3Cl2Sb. The van der Waals surface area contributed by atoms with Crippen LogP contribution in [0.4, 0.5) is 0 Å². The Kier molecular flexibility index (Phi) is 4.78. The molecular weight excluding hydrogens is 229 g/mol. The maximum absolute atomic E-state index is 5.35. The van der Waals surface area contributed by atoms with Gasteiger partial charge in [0.25, 0.3) is 0 Å². The van der Waals surface area contributed by atoms with Crippen LogP contribution in [0.25, 0.3) is 0 Å². The predicted molar refractivity (Wildman–Crippen MR) is 30.9 cm³/mol. The van der Waals surface area contributed by atoms with Gasteiger partial charge in [0.2, 0.25) is 0 Å². The van der Waals surface area contributed by atoms with Gasteiger partial charge in [-0.05, 0) is 0 Å². The summed E-state index contributed by atoms with van der Waals surface area (Å²) in [7, 11) is 10.7. The molecule has 0 aromatic rings. The number of hydrogen-bond donors (Lipinski definition) is 0. The zero-order valence-electron chi connectivity index (χ0n) is 3.20. The normalized spacial score (nSPS) is 7.33. The van der Waals surface area contributed by atoms with Gasteiger partial charge in [-0.25, -0.2) is 0 Å². The van der Waals surface area contributed by atoms with Gasteiger partial charge in [-0.1, -0.05) is 0 Å². The molecule has 0 fully saturated rings. The Bertz CT molecular complexity index is 78.5. The summed E-state index contributed by atoms with van der Waals surface area (Å²) in [4.78, 5) is 0. The Hall–Kier alpha value is 0.958. The van der Waals surface area contributed by atoms with Gasteiger partial charge in [-0.15, -0.1) is 0 Å². The Morgan fingerprint density at radius 3 is 2.00 bits per heavy atom. The molecule has 0 aliphatic rings. The predicted octanol–water partition coefficient (Wildman–Crippen LogP) is 1.51. The average Bonchev–Trinajstić information content (AvgIpc) is 1.35. The molecule has 3 heteroatoms. The van der Waals surface area contributed by atoms with Crippen molar-refractivity contribution in [3.63, 3.8) is 0 Å². The topological polar surface area (TPSA) is 0 Å². The molecule has 0 bridgehead atoms. The first-order valence-corrected chi connectivity index (χ1v) is 9.05. The van der Waals surface area contributed by atoms with Gasteiger partial charge < -0.3 is 0 Å². The van der Waals surface area contributed by atoms with Crippen LogP contribution in [0.15, 0.2) is 0 Å². The van der Waals surface area contributed by atoms with Crippen molar-refractivity contribution in [2.45, 2.75) is 6.92 Å². The molecule has 0 spiro atoms. The molecule has 0 nitrogen and oxygen atoms in total. The summed E-state index contributed by atoms with van der Waals surface area (Å²) in [5.41, 5.74) is 0. The molecule has 0 rings (SSSR count). The number of rotatable bonds is 0. The summed E-state index contributed by atoms with van der Waals surface area (Å²) >= 11 is -1.93. The number of hydrogen-bond acceptors (Lipinski definition) is 0. The van der Waals surface area contributed by atoms with Gasteiger partial charge in [0.05, 0.1) is 0 Å². The first-order chi connectivity index (χ1) is 2.77. The summed E-state index contributed by atoms with van der Waals surface area (Å²) in [6.45, 7) is 1.74. The Labute approximate surface area is 52.1 Å². The molecule has 0 saturated carbocycles. The standard InChI is InChI=1S/C3H3.2ClH.Sb/c1-3-2;;;/h1H3;2*1H;/q;;;+2/p-2. The van der Waals surface area contributed by atoms with E-state index in [2.05, 4.69) is 9.79 Å². The molecule has 0 heterocycles. The van der Waals surface area contributed by atoms with E-state index in [1.807, 2.05) is 0 Å². The van der Waals surface area contributed by atoms with E-state index >= 15 is 0 Å². The Morgan fingerprint density at radius 1 is 1.50 bits per heavy atom. The molecule has 0 aromatic carbocycles. The summed E-state index contributed by atoms with van der Waals surface area (Å²) in [5.74, 6) is 2.63. The van der Waals surface area contributed by atoms with Gasteiger partial charge >= 0.3 is 52.3 Å². The van der Waals surface area contributed by atoms with Crippen LogP contribution in [0.2, 0.25) is 0 Å². The van der Waals surface area contributed by atoms with Crippen molar-refractivity contribution in [1.82, 2.24) is 0 Å². The van der Waals surface area contributed by atoms with E-state index < -0.39 is 17.9 Å². The van der Waals surface area contributed by atoms with Crippen molar-refractivity contribution >= 4 is 35.6 Å². The SMILES string of the molecule is CC#[C][Sb]([Cl])[Cl]. The second-order valence-corrected chi connectivity index (χ2v) is 8.26. The van der Waals surface area contributed by atoms with Gasteiger partial charge in [0.1, 0.15) is 0 Å². The van der Waals surface area contributed by atoms with Crippen LogP contribution in [-0.2, 0) is 0 Å². The van der Waals surface area contributed by atoms with Crippen LogP contribution in [0.1, 0.15) is 6.92 Å². The van der Waals surface area contributed by atoms with Gasteiger partial charge in [-0.3, -0.25) is 0 Å². The molecule has 34 valence electrons. The fraction of sp³-hybridized carbons (Fsp3) is 0.333. The third kappa shape index (κ3) is 4.96. The molecule has 6 heavy (non-hydrogen) atoms. The molecule has 0 atom stereocenters. The first kappa shape index (κ1) is 6.96. The second-order valence-electron chi connectivity index (χ2n) is 0.595. The minimum absolute atomic E-state index is 1.74. The van der Waals surface area contributed by atoms with E-state index in [0.29, 0.717) is 0 Å². The molecule has 0 aliphatic carbocycles. The van der Waals surface area contributed by atoms with E-state index in [1.54, 1.807) is 6.92 Å². The summed E-state index contributed by atoms with van der Waals surface area (Å²) in [6.07, 6.45) is 0. The molecule has 0 amide bonds. The zero-order valence-corrected chi connectivity index (χ0v) is 7.27. The monoisotopic (exact) mass is 230 g/mol. The van der Waals surface area contributed by atoms with Crippen molar-refractivity contribution in [3.8, 4) is 9.79 Å². The van der Waals surface area contributed by atoms with Crippen LogP contribution >= 0.6 is 17.7 Å². The Morgan fingerprint density at radius 2 is 2.00 bits per heavy atom. The van der Waals surface area contributed by atoms with Gasteiger partial charge in [-0.2, -0.15) is 0 Å². The summed E-state index contributed by atoms with van der Waals surface area (Å²) < 4.78 is 2.67. The van der Waals surface area contributed by atoms with Crippen LogP contribution in [0, 0.1) is 9.79 Å². The van der Waals surface area contributed by atoms with E-state index in [-0.39, 0.29) is 0 Å². The maximum atomic E-state index is 5.35.